The van der Waals surface area contributed by atoms with E-state index in [0.29, 0.717) is 3.41 Å². The third-order valence-corrected chi connectivity index (χ3v) is 12.7. The Morgan fingerprint density at radius 2 is 2.12 bits per heavy atom. The predicted molar refractivity (Wildman–Crippen MR) is 42.4 cm³/mol. The number of hydrogen-bond donors (Lipinski definition) is 1. The molecular weight excluding hydrogens is 160 g/mol. The highest BCUT2D eigenvalue weighted by Crippen LogP contribution is 2.94. The van der Waals surface area contributed by atoms with Crippen molar-refractivity contribution in [3.63, 3.8) is 0 Å². The molecule has 2 rings (SSSR count). The molecule has 2 aliphatic heterocycles. The molecule has 0 spiro atoms. The van der Waals surface area contributed by atoms with E-state index in [2.05, 4.69) is 6.92 Å². The van der Waals surface area contributed by atoms with E-state index in [-0.39, 0.29) is 0 Å². The van der Waals surface area contributed by atoms with Gasteiger partial charge in [0.2, 0.25) is 0 Å². The topological polar surface area (TPSA) is 17.1 Å². The van der Waals surface area contributed by atoms with Gasteiger partial charge in [0.15, 0.2) is 3.41 Å². The fourth-order valence-electron chi connectivity index (χ4n) is 0.886. The van der Waals surface area contributed by atoms with Crippen molar-refractivity contribution in [2.45, 2.75) is 23.2 Å². The van der Waals surface area contributed by atoms with Crippen molar-refractivity contribution in [2.24, 2.45) is 0 Å². The van der Waals surface area contributed by atoms with Crippen LogP contribution in [-0.4, -0.2) is 7.62 Å². The van der Waals surface area contributed by atoms with Gasteiger partial charge in [-0.2, -0.15) is 0 Å². The van der Waals surface area contributed by atoms with Crippen LogP contribution in [0.25, 0.3) is 0 Å². The summed E-state index contributed by atoms with van der Waals surface area (Å²) in [4.78, 5) is 0. The Balaban J connectivity index is 2.04. The average Bonchev–Trinajstić information content (AvgIpc) is 2.25. The van der Waals surface area contributed by atoms with Crippen molar-refractivity contribution in [1.82, 2.24) is 0 Å². The van der Waals surface area contributed by atoms with E-state index < -0.39 is 8.00 Å². The first-order valence-corrected chi connectivity index (χ1v) is 7.29. The molecule has 2 heterocycles. The van der Waals surface area contributed by atoms with Gasteiger partial charge in [-0.05, 0) is 28.0 Å². The Bertz CT molecular complexity index is 166. The van der Waals surface area contributed by atoms with Crippen LogP contribution in [-0.2, 0) is 8.00 Å². The molecule has 0 bridgehead atoms. The van der Waals surface area contributed by atoms with E-state index in [4.69, 9.17) is 0 Å². The van der Waals surface area contributed by atoms with Gasteiger partial charge in [-0.25, -0.2) is 0 Å². The summed E-state index contributed by atoms with van der Waals surface area (Å²) in [5.74, 6) is 0. The first-order chi connectivity index (χ1) is 3.72. The van der Waals surface area contributed by atoms with E-state index >= 15 is 0 Å². The van der Waals surface area contributed by atoms with Gasteiger partial charge in [0.1, 0.15) is 0 Å². The van der Waals surface area contributed by atoms with Crippen LogP contribution >= 0.6 is 21.6 Å². The maximum absolute atomic E-state index is 11.0. The number of hydrogen-bond acceptors (Lipinski definition) is 3. The van der Waals surface area contributed by atoms with Crippen molar-refractivity contribution >= 4 is 29.6 Å². The normalized spacial score (nSPS) is 49.6. The van der Waals surface area contributed by atoms with Crippen molar-refractivity contribution < 1.29 is 4.21 Å². The molecule has 0 aromatic rings. The Labute approximate surface area is 57.2 Å². The predicted octanol–water partition coefficient (Wildman–Crippen LogP) is 1.78. The molecule has 0 aromatic carbocycles. The van der Waals surface area contributed by atoms with E-state index in [1.54, 1.807) is 21.6 Å². The van der Waals surface area contributed by atoms with Crippen molar-refractivity contribution in [3.05, 3.63) is 0 Å². The van der Waals surface area contributed by atoms with Crippen LogP contribution in [0.4, 0.5) is 0 Å². The lowest BCUT2D eigenvalue weighted by atomic mass is 10.4. The average molecular weight is 168 g/mol. The second kappa shape index (κ2) is 1.30. The van der Waals surface area contributed by atoms with Gasteiger partial charge < -0.3 is 0 Å². The summed E-state index contributed by atoms with van der Waals surface area (Å²) >= 11 is 0. The molecule has 2 saturated heterocycles. The fraction of sp³-hybridized carbons (Fsp3) is 1.00. The second-order valence-corrected chi connectivity index (χ2v) is 11.4. The molecule has 0 aliphatic carbocycles. The van der Waals surface area contributed by atoms with Crippen LogP contribution in [0.3, 0.4) is 0 Å². The summed E-state index contributed by atoms with van der Waals surface area (Å²) in [6, 6.07) is 0. The molecule has 1 nitrogen and oxygen atoms in total. The summed E-state index contributed by atoms with van der Waals surface area (Å²) in [7, 11) is 1.89. The molecule has 0 saturated carbocycles. The van der Waals surface area contributed by atoms with Crippen molar-refractivity contribution in [1.29, 1.82) is 0 Å². The highest BCUT2D eigenvalue weighted by molar-refractivity contribution is 9.38. The van der Waals surface area contributed by atoms with E-state index in [1.165, 1.54) is 12.8 Å². The summed E-state index contributed by atoms with van der Waals surface area (Å²) in [5, 5.41) is 0. The Kier molecular flexibility index (Phi) is 0.912. The van der Waals surface area contributed by atoms with Gasteiger partial charge in [0.05, 0.1) is 0 Å². The highest BCUT2D eigenvalue weighted by Gasteiger charge is 2.79. The molecule has 48 valence electrons. The minimum atomic E-state index is -1.54. The first-order valence-electron chi connectivity index (χ1n) is 2.74. The Hall–Kier alpha value is 0.850. The molecule has 2 fully saturated rings. The molecular formula is C4H8OS3. The summed E-state index contributed by atoms with van der Waals surface area (Å²) in [6.45, 7) is 2.15. The zero-order chi connectivity index (χ0) is 5.83. The number of fused-ring (bicyclic) bond motifs is 1. The molecule has 0 atom stereocenters. The quantitative estimate of drug-likeness (QED) is 0.385. The SMILES string of the molecule is CCCC12S[SH]1(=O)S2. The Morgan fingerprint density at radius 3 is 2.25 bits per heavy atom. The largest absolute Gasteiger partial charge is 0.263 e. The van der Waals surface area contributed by atoms with Crippen LogP contribution in [0.15, 0.2) is 0 Å². The molecule has 2 aliphatic rings. The third-order valence-electron chi connectivity index (χ3n) is 1.44. The monoisotopic (exact) mass is 168 g/mol. The van der Waals surface area contributed by atoms with Gasteiger partial charge in [0.25, 0.3) is 0 Å². The zero-order valence-electron chi connectivity index (χ0n) is 4.59. The second-order valence-electron chi connectivity index (χ2n) is 2.14. The molecule has 0 amide bonds. The molecule has 0 N–H and O–H groups in total. The summed E-state index contributed by atoms with van der Waals surface area (Å²) in [5.41, 5.74) is 0. The van der Waals surface area contributed by atoms with Crippen LogP contribution in [0.1, 0.15) is 19.8 Å². The smallest absolute Gasteiger partial charge is 0.153 e. The van der Waals surface area contributed by atoms with Crippen molar-refractivity contribution in [2.75, 3.05) is 0 Å². The molecule has 0 unspecified atom stereocenters. The van der Waals surface area contributed by atoms with Crippen molar-refractivity contribution in [3.8, 4) is 0 Å². The highest BCUT2D eigenvalue weighted by atomic mass is 33.6. The first kappa shape index (κ1) is 5.62. The maximum atomic E-state index is 11.0. The van der Waals surface area contributed by atoms with Crippen LogP contribution in [0.2, 0.25) is 0 Å². The van der Waals surface area contributed by atoms with Gasteiger partial charge in [0, 0.05) is 8.00 Å². The fourth-order valence-corrected chi connectivity index (χ4v) is 11.6. The molecule has 0 radical (unpaired) electrons. The van der Waals surface area contributed by atoms with Crippen LogP contribution in [0, 0.1) is 0 Å². The third kappa shape index (κ3) is 0.491. The minimum absolute atomic E-state index is 0.293. The van der Waals surface area contributed by atoms with E-state index in [0.717, 1.165) is 0 Å². The van der Waals surface area contributed by atoms with Crippen LogP contribution in [0.5, 0.6) is 0 Å². The van der Waals surface area contributed by atoms with E-state index in [1.807, 2.05) is 0 Å². The lowest BCUT2D eigenvalue weighted by Gasteiger charge is -1.88. The van der Waals surface area contributed by atoms with Gasteiger partial charge in [-0.1, -0.05) is 13.3 Å². The standard InChI is InChI=1S/C4H8OS3/c1-2-3-4-6-8(4,5)7-4/h8H,2-3H2,1H3. The maximum Gasteiger partial charge on any atom is 0.153 e. The minimum Gasteiger partial charge on any atom is -0.263 e. The van der Waals surface area contributed by atoms with Gasteiger partial charge >= 0.3 is 0 Å². The molecule has 4 heteroatoms. The molecule has 8 heavy (non-hydrogen) atoms. The number of thiol groups is 1. The van der Waals surface area contributed by atoms with Crippen LogP contribution < -0.4 is 0 Å². The molecule has 0 aromatic heterocycles. The van der Waals surface area contributed by atoms with Gasteiger partial charge in [-0.3, -0.25) is 4.21 Å². The summed E-state index contributed by atoms with van der Waals surface area (Å²) in [6.07, 6.45) is 2.35. The van der Waals surface area contributed by atoms with Gasteiger partial charge in [-0.15, -0.1) is 0 Å². The Morgan fingerprint density at radius 1 is 1.62 bits per heavy atom. The lowest BCUT2D eigenvalue weighted by molar-refractivity contribution is 0.690. The number of rotatable bonds is 2. The summed E-state index contributed by atoms with van der Waals surface area (Å²) < 4.78 is 11.3. The lowest BCUT2D eigenvalue weighted by Crippen LogP contribution is -1.83. The zero-order valence-corrected chi connectivity index (χ0v) is 7.11. The van der Waals surface area contributed by atoms with E-state index in [9.17, 15) is 4.21 Å².